The van der Waals surface area contributed by atoms with E-state index in [0.29, 0.717) is 9.75 Å². The SMILES string of the molecule is CCCCCCc1ncc(-c2cc(F)c(-c3cnc(CCCCCC)s3)cc2F)s1. The predicted molar refractivity (Wildman–Crippen MR) is 124 cm³/mol. The van der Waals surface area contributed by atoms with E-state index >= 15 is 0 Å². The van der Waals surface area contributed by atoms with Crippen LogP contribution in [0.1, 0.15) is 75.2 Å². The van der Waals surface area contributed by atoms with Crippen LogP contribution in [0, 0.1) is 11.6 Å². The first-order valence-electron chi connectivity index (χ1n) is 11.0. The fraction of sp³-hybridized carbons (Fsp3) is 0.500. The molecule has 0 aliphatic heterocycles. The maximum absolute atomic E-state index is 14.9. The van der Waals surface area contributed by atoms with E-state index in [-0.39, 0.29) is 11.1 Å². The number of aromatic nitrogens is 2. The monoisotopic (exact) mass is 448 g/mol. The Balaban J connectivity index is 1.70. The summed E-state index contributed by atoms with van der Waals surface area (Å²) in [4.78, 5) is 10.2. The Kier molecular flexibility index (Phi) is 8.94. The number of hydrogen-bond donors (Lipinski definition) is 0. The molecule has 0 bridgehead atoms. The molecule has 2 heterocycles. The van der Waals surface area contributed by atoms with Gasteiger partial charge in [-0.3, -0.25) is 0 Å². The first-order valence-corrected chi connectivity index (χ1v) is 12.6. The molecule has 0 unspecified atom stereocenters. The topological polar surface area (TPSA) is 25.8 Å². The molecular weight excluding hydrogens is 418 g/mol. The molecule has 162 valence electrons. The van der Waals surface area contributed by atoms with Crippen molar-refractivity contribution in [3.05, 3.63) is 46.2 Å². The second kappa shape index (κ2) is 11.7. The highest BCUT2D eigenvalue weighted by Gasteiger charge is 2.17. The van der Waals surface area contributed by atoms with Crippen molar-refractivity contribution in [1.29, 1.82) is 0 Å². The van der Waals surface area contributed by atoms with Crippen LogP contribution < -0.4 is 0 Å². The number of nitrogens with zero attached hydrogens (tertiary/aromatic N) is 2. The lowest BCUT2D eigenvalue weighted by molar-refractivity contribution is 0.606. The van der Waals surface area contributed by atoms with Gasteiger partial charge in [-0.15, -0.1) is 22.7 Å². The van der Waals surface area contributed by atoms with E-state index in [1.54, 1.807) is 12.4 Å². The second-order valence-electron chi connectivity index (χ2n) is 7.67. The summed E-state index contributed by atoms with van der Waals surface area (Å²) in [6.45, 7) is 4.37. The van der Waals surface area contributed by atoms with Crippen molar-refractivity contribution in [2.24, 2.45) is 0 Å². The van der Waals surface area contributed by atoms with Gasteiger partial charge in [-0.2, -0.15) is 0 Å². The van der Waals surface area contributed by atoms with Crippen LogP contribution in [0.3, 0.4) is 0 Å². The number of rotatable bonds is 12. The molecule has 3 rings (SSSR count). The molecule has 0 saturated heterocycles. The Morgan fingerprint density at radius 2 is 1.10 bits per heavy atom. The first kappa shape index (κ1) is 23.0. The van der Waals surface area contributed by atoms with E-state index in [1.807, 2.05) is 0 Å². The van der Waals surface area contributed by atoms with E-state index in [4.69, 9.17) is 0 Å². The van der Waals surface area contributed by atoms with Crippen molar-refractivity contribution in [1.82, 2.24) is 9.97 Å². The summed E-state index contributed by atoms with van der Waals surface area (Å²) in [5, 5.41) is 1.97. The molecule has 0 atom stereocenters. The molecule has 6 heteroatoms. The lowest BCUT2D eigenvalue weighted by atomic mass is 10.1. The maximum atomic E-state index is 14.9. The number of halogens is 2. The maximum Gasteiger partial charge on any atom is 0.132 e. The van der Waals surface area contributed by atoms with Crippen molar-refractivity contribution in [3.8, 4) is 20.9 Å². The van der Waals surface area contributed by atoms with Gasteiger partial charge in [0.05, 0.1) is 19.8 Å². The fourth-order valence-corrected chi connectivity index (χ4v) is 5.39. The number of hydrogen-bond acceptors (Lipinski definition) is 4. The quantitative estimate of drug-likeness (QED) is 0.260. The van der Waals surface area contributed by atoms with Crippen LogP contribution in [-0.4, -0.2) is 9.97 Å². The van der Waals surface area contributed by atoms with Crippen LogP contribution in [0.15, 0.2) is 24.5 Å². The summed E-state index contributed by atoms with van der Waals surface area (Å²) in [7, 11) is 0. The van der Waals surface area contributed by atoms with Crippen molar-refractivity contribution in [2.75, 3.05) is 0 Å². The van der Waals surface area contributed by atoms with Gasteiger partial charge < -0.3 is 0 Å². The highest BCUT2D eigenvalue weighted by molar-refractivity contribution is 7.15. The number of aryl methyl sites for hydroxylation is 2. The summed E-state index contributed by atoms with van der Waals surface area (Å²) in [6.07, 6.45) is 14.5. The van der Waals surface area contributed by atoms with Gasteiger partial charge in [0, 0.05) is 23.5 Å². The average molecular weight is 449 g/mol. The first-order chi connectivity index (χ1) is 14.6. The van der Waals surface area contributed by atoms with Gasteiger partial charge in [-0.25, -0.2) is 18.7 Å². The molecule has 0 saturated carbocycles. The van der Waals surface area contributed by atoms with Gasteiger partial charge in [0.25, 0.3) is 0 Å². The van der Waals surface area contributed by atoms with Crippen LogP contribution in [0.4, 0.5) is 8.78 Å². The molecule has 0 N–H and O–H groups in total. The van der Waals surface area contributed by atoms with Gasteiger partial charge in [-0.1, -0.05) is 52.4 Å². The molecule has 1 aromatic carbocycles. The molecule has 2 aromatic heterocycles. The van der Waals surface area contributed by atoms with Gasteiger partial charge in [0.15, 0.2) is 0 Å². The van der Waals surface area contributed by atoms with Gasteiger partial charge in [0.2, 0.25) is 0 Å². The third-order valence-electron chi connectivity index (χ3n) is 5.18. The van der Waals surface area contributed by atoms with E-state index < -0.39 is 11.6 Å². The Hall–Kier alpha value is -1.66. The fourth-order valence-electron chi connectivity index (χ4n) is 3.43. The Morgan fingerprint density at radius 3 is 1.50 bits per heavy atom. The molecule has 0 aliphatic carbocycles. The number of benzene rings is 1. The predicted octanol–water partition coefficient (Wildman–Crippen LogP) is 8.46. The minimum absolute atomic E-state index is 0.290. The summed E-state index contributed by atoms with van der Waals surface area (Å²) in [6, 6.07) is 2.61. The minimum Gasteiger partial charge on any atom is -0.249 e. The van der Waals surface area contributed by atoms with Crippen LogP contribution in [0.5, 0.6) is 0 Å². The molecular formula is C24H30F2N2S2. The molecule has 2 nitrogen and oxygen atoms in total. The van der Waals surface area contributed by atoms with E-state index in [9.17, 15) is 8.78 Å². The van der Waals surface area contributed by atoms with E-state index in [0.717, 1.165) is 35.7 Å². The Bertz CT molecular complexity index is 857. The van der Waals surface area contributed by atoms with E-state index in [1.165, 1.54) is 73.3 Å². The highest BCUT2D eigenvalue weighted by atomic mass is 32.1. The van der Waals surface area contributed by atoms with E-state index in [2.05, 4.69) is 23.8 Å². The molecule has 0 amide bonds. The zero-order valence-corrected chi connectivity index (χ0v) is 19.5. The summed E-state index contributed by atoms with van der Waals surface area (Å²) >= 11 is 2.92. The lowest BCUT2D eigenvalue weighted by Gasteiger charge is -2.05. The van der Waals surface area contributed by atoms with Gasteiger partial charge in [0.1, 0.15) is 11.6 Å². The number of thiazole rings is 2. The molecule has 3 aromatic rings. The summed E-state index contributed by atoms with van der Waals surface area (Å²) in [5.41, 5.74) is 0.579. The van der Waals surface area contributed by atoms with Gasteiger partial charge in [-0.05, 0) is 37.8 Å². The Morgan fingerprint density at radius 1 is 0.667 bits per heavy atom. The third kappa shape index (κ3) is 6.17. The largest absolute Gasteiger partial charge is 0.249 e. The zero-order valence-electron chi connectivity index (χ0n) is 17.8. The second-order valence-corrected chi connectivity index (χ2v) is 9.90. The number of unbranched alkanes of at least 4 members (excludes halogenated alkanes) is 6. The summed E-state index contributed by atoms with van der Waals surface area (Å²) < 4.78 is 29.7. The van der Waals surface area contributed by atoms with Crippen LogP contribution in [0.2, 0.25) is 0 Å². The van der Waals surface area contributed by atoms with Crippen molar-refractivity contribution in [3.63, 3.8) is 0 Å². The molecule has 0 spiro atoms. The van der Waals surface area contributed by atoms with Crippen molar-refractivity contribution in [2.45, 2.75) is 78.1 Å². The molecule has 0 radical (unpaired) electrons. The highest BCUT2D eigenvalue weighted by Crippen LogP contribution is 2.35. The Labute approximate surface area is 186 Å². The summed E-state index contributed by atoms with van der Waals surface area (Å²) in [5.74, 6) is -0.823. The normalized spacial score (nSPS) is 11.3. The smallest absolute Gasteiger partial charge is 0.132 e. The van der Waals surface area contributed by atoms with Crippen molar-refractivity contribution >= 4 is 22.7 Å². The van der Waals surface area contributed by atoms with Gasteiger partial charge >= 0.3 is 0 Å². The van der Waals surface area contributed by atoms with Crippen LogP contribution in [0.25, 0.3) is 20.9 Å². The minimum atomic E-state index is -0.412. The lowest BCUT2D eigenvalue weighted by Crippen LogP contribution is -1.89. The van der Waals surface area contributed by atoms with Crippen LogP contribution in [-0.2, 0) is 12.8 Å². The standard InChI is InChI=1S/C24H30F2N2S2/c1-3-5-7-9-11-23-27-15-21(29-23)17-13-20(26)18(14-19(17)25)22-16-28-24(30-22)12-10-8-6-4-2/h13-16H,3-12H2,1-2H3. The average Bonchev–Trinajstić information content (AvgIpc) is 3.40. The van der Waals surface area contributed by atoms with Crippen molar-refractivity contribution < 1.29 is 8.78 Å². The van der Waals surface area contributed by atoms with Crippen LogP contribution >= 0.6 is 22.7 Å². The molecule has 30 heavy (non-hydrogen) atoms. The third-order valence-corrected chi connectivity index (χ3v) is 7.36. The zero-order chi connectivity index (χ0) is 21.3. The molecule has 0 fully saturated rings. The molecule has 0 aliphatic rings.